The number of carbonyl (C=O) groups excluding carboxylic acids is 2. The zero-order chi connectivity index (χ0) is 40.8. The molecule has 1 saturated carbocycles. The van der Waals surface area contributed by atoms with E-state index in [1.807, 2.05) is 36.4 Å². The minimum Gasteiger partial charge on any atom is -0.388 e. The predicted octanol–water partition coefficient (Wildman–Crippen LogP) is 4.31. The molecule has 3 atom stereocenters. The van der Waals surface area contributed by atoms with Crippen molar-refractivity contribution in [3.63, 3.8) is 0 Å². The number of aromatic nitrogens is 3. The molecular weight excluding hydrogens is 771 g/mol. The summed E-state index contributed by atoms with van der Waals surface area (Å²) < 4.78 is 57.8. The maximum Gasteiger partial charge on any atom is 0.269 e. The third-order valence-electron chi connectivity index (χ3n) is 12.3. The Hall–Kier alpha value is -4.84. The first-order chi connectivity index (χ1) is 27.8. The van der Waals surface area contributed by atoms with Crippen LogP contribution in [0.3, 0.4) is 0 Å². The Morgan fingerprint density at radius 3 is 2.29 bits per heavy atom. The van der Waals surface area contributed by atoms with Crippen LogP contribution in [0.15, 0.2) is 70.5 Å². The first-order valence-electron chi connectivity index (χ1n) is 20.0. The maximum atomic E-state index is 13.9. The fraction of sp³-hybridized carbons (Fsp3) is 0.488. The van der Waals surface area contributed by atoms with Crippen LogP contribution >= 0.6 is 0 Å². The number of benzene rings is 2. The van der Waals surface area contributed by atoms with Crippen molar-refractivity contribution in [1.82, 2.24) is 29.1 Å². The van der Waals surface area contributed by atoms with E-state index in [2.05, 4.69) is 30.4 Å². The molecule has 0 radical (unpaired) electrons. The number of hydrogen-bond acceptors (Lipinski definition) is 11. The van der Waals surface area contributed by atoms with Gasteiger partial charge in [0.15, 0.2) is 0 Å². The lowest BCUT2D eigenvalue weighted by Gasteiger charge is -2.36. The molecule has 17 heteroatoms. The molecule has 2 aromatic heterocycles. The third-order valence-corrected chi connectivity index (χ3v) is 14.2. The molecule has 2 amide bonds. The molecule has 4 aromatic rings. The quantitative estimate of drug-likeness (QED) is 0.195. The van der Waals surface area contributed by atoms with Crippen molar-refractivity contribution in [3.8, 4) is 0 Å². The number of nitrogens with one attached hydrogen (secondary N) is 2. The van der Waals surface area contributed by atoms with Gasteiger partial charge in [-0.25, -0.2) is 22.2 Å². The lowest BCUT2D eigenvalue weighted by molar-refractivity contribution is -0.134. The standard InChI is InChI=1S/C41H48F2N8O6S/c1-41(55)16-2-3-34(41)51-37-28(23-33(36(42)43)39(51)54)24-44-40(47-37)45-29-14-17-50(18-15-29)58(56,57)31-10-8-30(9-11-31)49-21-19-48(20-22-49)25-26-4-6-27(7-5-26)32-12-13-35(52)46-38(32)53/h4-11,23-24,29,32,34,36,55H,2-3,12-22,25H2,1H3,(H,44,45,47)(H,46,52,53)/t32?,34-,41-/m1/s1. The highest BCUT2D eigenvalue weighted by atomic mass is 32.2. The van der Waals surface area contributed by atoms with Crippen LogP contribution < -0.4 is 21.1 Å². The molecule has 5 heterocycles. The number of aliphatic hydroxyl groups is 1. The van der Waals surface area contributed by atoms with Gasteiger partial charge in [0.05, 0.1) is 28.0 Å². The van der Waals surface area contributed by atoms with E-state index in [-0.39, 0.29) is 58.7 Å². The van der Waals surface area contributed by atoms with Crippen LogP contribution in [-0.2, 0) is 26.2 Å². The molecule has 58 heavy (non-hydrogen) atoms. The van der Waals surface area contributed by atoms with Gasteiger partial charge < -0.3 is 15.3 Å². The lowest BCUT2D eigenvalue weighted by atomic mass is 9.90. The summed E-state index contributed by atoms with van der Waals surface area (Å²) in [6, 6.07) is 15.3. The Labute approximate surface area is 335 Å². The van der Waals surface area contributed by atoms with Crippen LogP contribution in [0.25, 0.3) is 11.0 Å². The predicted molar refractivity (Wildman–Crippen MR) is 213 cm³/mol. The Balaban J connectivity index is 0.849. The van der Waals surface area contributed by atoms with E-state index in [0.29, 0.717) is 44.9 Å². The number of halogens is 2. The fourth-order valence-corrected chi connectivity index (χ4v) is 10.4. The molecule has 0 bridgehead atoms. The van der Waals surface area contributed by atoms with Crippen molar-refractivity contribution in [2.75, 3.05) is 49.5 Å². The van der Waals surface area contributed by atoms with Gasteiger partial charge in [-0.1, -0.05) is 24.3 Å². The van der Waals surface area contributed by atoms with Crippen molar-refractivity contribution in [2.45, 2.75) is 93.3 Å². The van der Waals surface area contributed by atoms with Crippen LogP contribution in [0, 0.1) is 0 Å². The van der Waals surface area contributed by atoms with Crippen molar-refractivity contribution in [1.29, 1.82) is 0 Å². The Bertz CT molecular complexity index is 2340. The number of hydrogen-bond donors (Lipinski definition) is 3. The molecule has 3 aliphatic heterocycles. The lowest BCUT2D eigenvalue weighted by Crippen LogP contribution is -2.46. The molecule has 3 saturated heterocycles. The number of sulfonamides is 1. The number of rotatable bonds is 10. The highest BCUT2D eigenvalue weighted by molar-refractivity contribution is 7.89. The van der Waals surface area contributed by atoms with Crippen LogP contribution in [0.5, 0.6) is 0 Å². The summed E-state index contributed by atoms with van der Waals surface area (Å²) in [4.78, 5) is 50.8. The molecule has 0 spiro atoms. The summed E-state index contributed by atoms with van der Waals surface area (Å²) in [6.07, 6.45) is 1.74. The first-order valence-corrected chi connectivity index (χ1v) is 21.4. The van der Waals surface area contributed by atoms with Crippen LogP contribution in [-0.4, -0.2) is 100.0 Å². The number of carbonyl (C=O) groups is 2. The average molecular weight is 819 g/mol. The first kappa shape index (κ1) is 40.0. The second-order valence-electron chi connectivity index (χ2n) is 16.1. The number of anilines is 2. The monoisotopic (exact) mass is 818 g/mol. The van der Waals surface area contributed by atoms with Gasteiger partial charge in [-0.2, -0.15) is 9.29 Å². The van der Waals surface area contributed by atoms with Crippen molar-refractivity contribution in [3.05, 3.63) is 87.8 Å². The second-order valence-corrected chi connectivity index (χ2v) is 18.1. The topological polar surface area (TPSA) is 170 Å². The van der Waals surface area contributed by atoms with Crippen molar-refractivity contribution < 1.29 is 31.9 Å². The minimum atomic E-state index is -3.75. The molecule has 1 unspecified atom stereocenters. The number of nitrogens with zero attached hydrogens (tertiary/aromatic N) is 6. The molecular formula is C41H48F2N8O6S. The number of piperidine rings is 2. The van der Waals surface area contributed by atoms with E-state index < -0.39 is 39.2 Å². The maximum absolute atomic E-state index is 13.9. The number of fused-ring (bicyclic) bond motifs is 1. The van der Waals surface area contributed by atoms with E-state index >= 15 is 0 Å². The second kappa shape index (κ2) is 16.1. The summed E-state index contributed by atoms with van der Waals surface area (Å²) in [5.74, 6) is -0.557. The molecule has 308 valence electrons. The number of alkyl halides is 2. The van der Waals surface area contributed by atoms with E-state index in [1.54, 1.807) is 19.1 Å². The summed E-state index contributed by atoms with van der Waals surface area (Å²) in [5.41, 5.74) is 0.393. The largest absolute Gasteiger partial charge is 0.388 e. The summed E-state index contributed by atoms with van der Waals surface area (Å²) in [5, 5.41) is 17.0. The highest BCUT2D eigenvalue weighted by Gasteiger charge is 2.40. The zero-order valence-corrected chi connectivity index (χ0v) is 33.1. The average Bonchev–Trinajstić information content (AvgIpc) is 3.56. The van der Waals surface area contributed by atoms with Crippen LogP contribution in [0.1, 0.15) is 86.9 Å². The molecule has 3 N–H and O–H groups in total. The van der Waals surface area contributed by atoms with E-state index in [0.717, 1.165) is 55.6 Å². The molecule has 4 fully saturated rings. The molecule has 4 aliphatic rings. The zero-order valence-electron chi connectivity index (χ0n) is 32.3. The van der Waals surface area contributed by atoms with E-state index in [4.69, 9.17) is 0 Å². The third kappa shape index (κ3) is 8.09. The van der Waals surface area contributed by atoms with Crippen LogP contribution in [0.4, 0.5) is 20.4 Å². The summed E-state index contributed by atoms with van der Waals surface area (Å²) in [6.45, 7) is 6.17. The molecule has 2 aromatic carbocycles. The van der Waals surface area contributed by atoms with Gasteiger partial charge in [0, 0.05) is 75.5 Å². The molecule has 8 rings (SSSR count). The van der Waals surface area contributed by atoms with Gasteiger partial charge in [0.1, 0.15) is 5.65 Å². The molecule has 14 nitrogen and oxygen atoms in total. The van der Waals surface area contributed by atoms with Gasteiger partial charge in [-0.15, -0.1) is 0 Å². The summed E-state index contributed by atoms with van der Waals surface area (Å²) >= 11 is 0. The van der Waals surface area contributed by atoms with Gasteiger partial charge in [0.25, 0.3) is 12.0 Å². The Morgan fingerprint density at radius 1 is 0.948 bits per heavy atom. The minimum absolute atomic E-state index is 0.167. The van der Waals surface area contributed by atoms with Crippen LogP contribution in [0.2, 0.25) is 0 Å². The van der Waals surface area contributed by atoms with E-state index in [9.17, 15) is 36.7 Å². The van der Waals surface area contributed by atoms with Gasteiger partial charge in [0.2, 0.25) is 27.8 Å². The Morgan fingerprint density at radius 2 is 1.66 bits per heavy atom. The normalized spacial score (nSPS) is 24.1. The van der Waals surface area contributed by atoms with Gasteiger partial charge in [-0.05, 0) is 86.9 Å². The fourth-order valence-electron chi connectivity index (χ4n) is 8.88. The Kier molecular flexibility index (Phi) is 11.1. The molecule has 1 aliphatic carbocycles. The van der Waals surface area contributed by atoms with Gasteiger partial charge in [-0.3, -0.25) is 29.2 Å². The number of piperazine rings is 1. The van der Waals surface area contributed by atoms with Gasteiger partial charge >= 0.3 is 0 Å². The van der Waals surface area contributed by atoms with E-state index in [1.165, 1.54) is 15.1 Å². The number of amides is 2. The number of imide groups is 1. The highest BCUT2D eigenvalue weighted by Crippen LogP contribution is 2.40. The SMILES string of the molecule is C[C@@]1(O)CCC[C@H]1n1c(=O)c(C(F)F)cc2cnc(NC3CCN(S(=O)(=O)c4ccc(N5CCN(Cc6ccc(C7CCC(=O)NC7=O)cc6)CC5)cc4)CC3)nc21. The summed E-state index contributed by atoms with van der Waals surface area (Å²) in [7, 11) is -3.75. The van der Waals surface area contributed by atoms with Crippen molar-refractivity contribution in [2.24, 2.45) is 0 Å². The number of pyridine rings is 1. The van der Waals surface area contributed by atoms with Crippen molar-refractivity contribution >= 4 is 44.5 Å². The smallest absolute Gasteiger partial charge is 0.269 e.